The number of nitrogens with one attached hydrogen (secondary N) is 1. The molecule has 0 atom stereocenters. The molecule has 0 unspecified atom stereocenters. The van der Waals surface area contributed by atoms with Crippen molar-refractivity contribution >= 4 is 11.6 Å². The highest BCUT2D eigenvalue weighted by atomic mass is 16.4. The van der Waals surface area contributed by atoms with E-state index in [4.69, 9.17) is 4.42 Å². The zero-order valence-corrected chi connectivity index (χ0v) is 12.8. The molecule has 1 aliphatic carbocycles. The number of rotatable bonds is 6. The van der Waals surface area contributed by atoms with E-state index in [0.29, 0.717) is 16.9 Å². The van der Waals surface area contributed by atoms with E-state index in [1.165, 1.54) is 6.07 Å². The van der Waals surface area contributed by atoms with Crippen LogP contribution in [-0.4, -0.2) is 52.2 Å². The lowest BCUT2D eigenvalue weighted by atomic mass is 9.89. The normalized spacial score (nSPS) is 13.8. The van der Waals surface area contributed by atoms with Gasteiger partial charge in [-0.1, -0.05) is 24.3 Å². The Labute approximate surface area is 137 Å². The number of benzene rings is 1. The maximum absolute atomic E-state index is 12.5. The Morgan fingerprint density at radius 1 is 0.917 bits per heavy atom. The van der Waals surface area contributed by atoms with Gasteiger partial charge in [0.05, 0.1) is 37.5 Å². The van der Waals surface area contributed by atoms with E-state index in [9.17, 15) is 24.9 Å². The third-order valence-electron chi connectivity index (χ3n) is 4.20. The predicted octanol–water partition coefficient (Wildman–Crippen LogP) is -0.140. The van der Waals surface area contributed by atoms with Crippen molar-refractivity contribution in [1.82, 2.24) is 5.32 Å². The fraction of sp³-hybridized carbons (Fsp3) is 0.294. The van der Waals surface area contributed by atoms with Crippen LogP contribution in [-0.2, 0) is 6.54 Å². The molecule has 24 heavy (non-hydrogen) atoms. The second kappa shape index (κ2) is 6.29. The molecule has 0 amide bonds. The van der Waals surface area contributed by atoms with E-state index in [2.05, 4.69) is 5.32 Å². The highest BCUT2D eigenvalue weighted by Gasteiger charge is 2.34. The molecular formula is C17H17NO6. The van der Waals surface area contributed by atoms with Crippen LogP contribution in [0.15, 0.2) is 34.7 Å². The number of hydrogen-bond acceptors (Lipinski definition) is 7. The molecule has 126 valence electrons. The molecule has 0 fully saturated rings. The molecule has 0 bridgehead atoms. The molecular weight excluding hydrogens is 314 g/mol. The van der Waals surface area contributed by atoms with Crippen LogP contribution in [0.5, 0.6) is 0 Å². The molecule has 0 saturated heterocycles. The van der Waals surface area contributed by atoms with Gasteiger partial charge < -0.3 is 19.7 Å². The first-order valence-electron chi connectivity index (χ1n) is 7.44. The molecule has 0 aliphatic heterocycles. The lowest BCUT2D eigenvalue weighted by Crippen LogP contribution is -2.54. The minimum Gasteiger partial charge on any atom is -0.455 e. The van der Waals surface area contributed by atoms with E-state index in [1.807, 2.05) is 0 Å². The smallest absolute Gasteiger partial charge is 0.229 e. The summed E-state index contributed by atoms with van der Waals surface area (Å²) in [6, 6.07) is 8.01. The number of hydrogen-bond donors (Lipinski definition) is 4. The van der Waals surface area contributed by atoms with Crippen LogP contribution < -0.4 is 5.32 Å². The fourth-order valence-electron chi connectivity index (χ4n) is 2.61. The molecule has 1 aliphatic rings. The Hall–Kier alpha value is -2.32. The van der Waals surface area contributed by atoms with Gasteiger partial charge in [-0.15, -0.1) is 0 Å². The Morgan fingerprint density at radius 2 is 1.50 bits per heavy atom. The van der Waals surface area contributed by atoms with Crippen LogP contribution in [0.2, 0.25) is 0 Å². The monoisotopic (exact) mass is 331 g/mol. The fourth-order valence-corrected chi connectivity index (χ4v) is 2.61. The lowest BCUT2D eigenvalue weighted by Gasteiger charge is -2.28. The molecule has 1 aromatic heterocycles. The van der Waals surface area contributed by atoms with Crippen molar-refractivity contribution in [2.75, 3.05) is 19.8 Å². The van der Waals surface area contributed by atoms with E-state index in [1.54, 1.807) is 24.3 Å². The predicted molar refractivity (Wildman–Crippen MR) is 82.8 cm³/mol. The number of furan rings is 1. The molecule has 1 heterocycles. The first-order valence-corrected chi connectivity index (χ1v) is 7.44. The lowest BCUT2D eigenvalue weighted by molar-refractivity contribution is 0.0401. The van der Waals surface area contributed by atoms with Gasteiger partial charge in [0.2, 0.25) is 5.78 Å². The molecule has 3 rings (SSSR count). The topological polar surface area (TPSA) is 120 Å². The van der Waals surface area contributed by atoms with Gasteiger partial charge in [0, 0.05) is 11.1 Å². The Kier molecular flexibility index (Phi) is 4.33. The number of carbonyl (C=O) groups is 2. The summed E-state index contributed by atoms with van der Waals surface area (Å²) < 4.78 is 5.50. The van der Waals surface area contributed by atoms with Crippen LogP contribution in [0, 0.1) is 0 Å². The second-order valence-corrected chi connectivity index (χ2v) is 5.77. The summed E-state index contributed by atoms with van der Waals surface area (Å²) in [6.07, 6.45) is 0. The van der Waals surface area contributed by atoms with Gasteiger partial charge in [0.25, 0.3) is 0 Å². The average Bonchev–Trinajstić information content (AvgIpc) is 3.06. The summed E-state index contributed by atoms with van der Waals surface area (Å²) in [4.78, 5) is 24.9. The van der Waals surface area contributed by atoms with Crippen LogP contribution in [0.1, 0.15) is 37.8 Å². The van der Waals surface area contributed by atoms with Crippen molar-refractivity contribution in [1.29, 1.82) is 0 Å². The highest BCUT2D eigenvalue weighted by molar-refractivity contribution is 6.27. The number of ketones is 2. The van der Waals surface area contributed by atoms with Gasteiger partial charge in [-0.3, -0.25) is 14.9 Å². The van der Waals surface area contributed by atoms with Crippen LogP contribution in [0.3, 0.4) is 0 Å². The van der Waals surface area contributed by atoms with Gasteiger partial charge in [-0.05, 0) is 6.07 Å². The molecule has 7 heteroatoms. The molecule has 0 spiro atoms. The van der Waals surface area contributed by atoms with Crippen LogP contribution >= 0.6 is 0 Å². The van der Waals surface area contributed by atoms with Gasteiger partial charge in [0.15, 0.2) is 11.5 Å². The standard InChI is InChI=1S/C17H17NO6/c19-7-17(8-20,9-21)18-6-10-5-13-14(22)11-3-1-2-4-12(11)15(23)16(13)24-10/h1-5,18-21H,6-9H2. The van der Waals surface area contributed by atoms with Crippen LogP contribution in [0.25, 0.3) is 0 Å². The summed E-state index contributed by atoms with van der Waals surface area (Å²) >= 11 is 0. The first kappa shape index (κ1) is 16.5. The number of aliphatic hydroxyl groups excluding tert-OH is 3. The van der Waals surface area contributed by atoms with Crippen molar-refractivity contribution in [3.63, 3.8) is 0 Å². The molecule has 1 aromatic carbocycles. The maximum Gasteiger partial charge on any atom is 0.229 e. The molecule has 7 nitrogen and oxygen atoms in total. The minimum atomic E-state index is -1.27. The third-order valence-corrected chi connectivity index (χ3v) is 4.20. The molecule has 4 N–H and O–H groups in total. The van der Waals surface area contributed by atoms with Crippen molar-refractivity contribution < 1.29 is 29.3 Å². The largest absolute Gasteiger partial charge is 0.455 e. The highest BCUT2D eigenvalue weighted by Crippen LogP contribution is 2.29. The Morgan fingerprint density at radius 3 is 2.08 bits per heavy atom. The van der Waals surface area contributed by atoms with E-state index >= 15 is 0 Å². The van der Waals surface area contributed by atoms with Gasteiger partial charge >= 0.3 is 0 Å². The van der Waals surface area contributed by atoms with Crippen molar-refractivity contribution in [2.24, 2.45) is 0 Å². The Balaban J connectivity index is 1.88. The second-order valence-electron chi connectivity index (χ2n) is 5.77. The first-order chi connectivity index (χ1) is 11.5. The molecule has 0 radical (unpaired) electrons. The zero-order chi connectivity index (χ0) is 17.3. The van der Waals surface area contributed by atoms with E-state index in [-0.39, 0.29) is 29.4 Å². The summed E-state index contributed by atoms with van der Waals surface area (Å²) in [5, 5.41) is 30.7. The number of carbonyl (C=O) groups excluding carboxylic acids is 2. The molecule has 2 aromatic rings. The average molecular weight is 331 g/mol. The van der Waals surface area contributed by atoms with Gasteiger partial charge in [-0.2, -0.15) is 0 Å². The number of aliphatic hydroxyl groups is 3. The minimum absolute atomic E-state index is 0.0157. The summed E-state index contributed by atoms with van der Waals surface area (Å²) in [5.74, 6) is -0.357. The maximum atomic E-state index is 12.5. The van der Waals surface area contributed by atoms with E-state index < -0.39 is 25.4 Å². The van der Waals surface area contributed by atoms with Crippen LogP contribution in [0.4, 0.5) is 0 Å². The summed E-state index contributed by atoms with van der Waals surface area (Å²) in [7, 11) is 0. The van der Waals surface area contributed by atoms with Crippen molar-refractivity contribution in [2.45, 2.75) is 12.1 Å². The quantitative estimate of drug-likeness (QED) is 0.496. The number of fused-ring (bicyclic) bond motifs is 2. The van der Waals surface area contributed by atoms with Crippen molar-refractivity contribution in [3.8, 4) is 0 Å². The van der Waals surface area contributed by atoms with E-state index in [0.717, 1.165) is 0 Å². The Bertz CT molecular complexity index is 729. The molecule has 0 saturated carbocycles. The third kappa shape index (κ3) is 2.57. The summed E-state index contributed by atoms with van der Waals surface area (Å²) in [5.41, 5.74) is -0.437. The van der Waals surface area contributed by atoms with Gasteiger partial charge in [0.1, 0.15) is 5.76 Å². The SMILES string of the molecule is O=C1c2ccccc2C(=O)c2oc(CNC(CO)(CO)CO)cc21. The summed E-state index contributed by atoms with van der Waals surface area (Å²) in [6.45, 7) is -1.41. The van der Waals surface area contributed by atoms with Crippen molar-refractivity contribution in [3.05, 3.63) is 58.5 Å². The van der Waals surface area contributed by atoms with Gasteiger partial charge in [-0.25, -0.2) is 0 Å². The zero-order valence-electron chi connectivity index (χ0n) is 12.8.